The van der Waals surface area contributed by atoms with Gasteiger partial charge in [0, 0.05) is 0 Å². The lowest BCUT2D eigenvalue weighted by Crippen LogP contribution is -1.76. The molecule has 0 unspecified atom stereocenters. The molecule has 0 aliphatic carbocycles. The van der Waals surface area contributed by atoms with Gasteiger partial charge in [-0.15, -0.1) is 0 Å². The molecule has 1 rings (SSSR count). The van der Waals surface area contributed by atoms with Gasteiger partial charge in [0.25, 0.3) is 0 Å². The van der Waals surface area contributed by atoms with Crippen LogP contribution in [0.4, 0.5) is 0 Å². The first-order chi connectivity index (χ1) is 5.34. The first kappa shape index (κ1) is 8.06. The molecular weight excluding hydrogens is 132 g/mol. The van der Waals surface area contributed by atoms with E-state index in [1.807, 2.05) is 12.1 Å². The quantitative estimate of drug-likeness (QED) is 0.599. The van der Waals surface area contributed by atoms with Crippen molar-refractivity contribution in [3.8, 4) is 0 Å². The summed E-state index contributed by atoms with van der Waals surface area (Å²) >= 11 is 0. The second-order valence-electron chi connectivity index (χ2n) is 2.58. The first-order valence-electron chi connectivity index (χ1n) is 3.98. The zero-order chi connectivity index (χ0) is 8.10. The van der Waals surface area contributed by atoms with Gasteiger partial charge in [-0.1, -0.05) is 37.3 Å². The second-order valence-corrected chi connectivity index (χ2v) is 2.58. The third-order valence-corrected chi connectivity index (χ3v) is 1.68. The summed E-state index contributed by atoms with van der Waals surface area (Å²) in [7, 11) is 0. The molecule has 0 heterocycles. The van der Waals surface area contributed by atoms with Crippen LogP contribution in [-0.2, 0) is 0 Å². The van der Waals surface area contributed by atoms with Crippen LogP contribution in [0, 0.1) is 6.07 Å². The van der Waals surface area contributed by atoms with Crippen molar-refractivity contribution >= 4 is 5.57 Å². The lowest BCUT2D eigenvalue weighted by atomic mass is 10.1. The van der Waals surface area contributed by atoms with Crippen LogP contribution in [0.3, 0.4) is 0 Å². The van der Waals surface area contributed by atoms with E-state index in [4.69, 9.17) is 0 Å². The van der Waals surface area contributed by atoms with Crippen LogP contribution in [0.15, 0.2) is 30.3 Å². The van der Waals surface area contributed by atoms with E-state index >= 15 is 0 Å². The fourth-order valence-electron chi connectivity index (χ4n) is 1.07. The van der Waals surface area contributed by atoms with Crippen molar-refractivity contribution < 1.29 is 0 Å². The number of benzene rings is 1. The molecule has 1 aromatic rings. The van der Waals surface area contributed by atoms with E-state index in [1.54, 1.807) is 0 Å². The molecule has 0 saturated heterocycles. The van der Waals surface area contributed by atoms with Gasteiger partial charge in [0.15, 0.2) is 0 Å². The predicted octanol–water partition coefficient (Wildman–Crippen LogP) is 3.30. The van der Waals surface area contributed by atoms with E-state index in [2.05, 4.69) is 38.1 Å². The van der Waals surface area contributed by atoms with Crippen molar-refractivity contribution in [3.63, 3.8) is 0 Å². The minimum absolute atomic E-state index is 1.10. The number of rotatable bonds is 2. The van der Waals surface area contributed by atoms with E-state index < -0.39 is 0 Å². The molecule has 57 valence electrons. The van der Waals surface area contributed by atoms with Crippen molar-refractivity contribution in [1.29, 1.82) is 0 Å². The molecule has 0 aliphatic rings. The maximum absolute atomic E-state index is 3.00. The molecule has 1 aromatic carbocycles. The fraction of sp³-hybridized carbons (Fsp3) is 0.273. The van der Waals surface area contributed by atoms with Gasteiger partial charge in [-0.3, -0.25) is 0 Å². The predicted molar refractivity (Wildman–Crippen MR) is 49.2 cm³/mol. The van der Waals surface area contributed by atoms with Crippen LogP contribution in [-0.4, -0.2) is 0 Å². The van der Waals surface area contributed by atoms with Gasteiger partial charge >= 0.3 is 0 Å². The Morgan fingerprint density at radius 2 is 2.09 bits per heavy atom. The average Bonchev–Trinajstić information content (AvgIpc) is 2.07. The summed E-state index contributed by atoms with van der Waals surface area (Å²) in [5.41, 5.74) is 2.65. The summed E-state index contributed by atoms with van der Waals surface area (Å²) < 4.78 is 0. The molecule has 0 heteroatoms. The van der Waals surface area contributed by atoms with E-state index in [0.29, 0.717) is 0 Å². The summed E-state index contributed by atoms with van der Waals surface area (Å²) in [4.78, 5) is 0. The van der Waals surface area contributed by atoms with Crippen LogP contribution in [0.5, 0.6) is 0 Å². The standard InChI is InChI=1S/C11H13/c1-3-7-10(2)11-8-5-4-6-9-11/h5-9H,3H2,1-2H3/b10-7+. The van der Waals surface area contributed by atoms with Gasteiger partial charge in [0.1, 0.15) is 0 Å². The largest absolute Gasteiger partial charge is 0.0813 e. The molecule has 0 saturated carbocycles. The molecule has 0 amide bonds. The SMILES string of the molecule is CC/C=C(\C)c1cc[c]cc1. The van der Waals surface area contributed by atoms with Crippen LogP contribution in [0.25, 0.3) is 5.57 Å². The van der Waals surface area contributed by atoms with E-state index in [-0.39, 0.29) is 0 Å². The molecule has 0 spiro atoms. The fourth-order valence-corrected chi connectivity index (χ4v) is 1.07. The Balaban J connectivity index is 2.85. The first-order valence-corrected chi connectivity index (χ1v) is 3.98. The van der Waals surface area contributed by atoms with Crippen LogP contribution in [0.1, 0.15) is 25.8 Å². The molecule has 0 bridgehead atoms. The maximum Gasteiger partial charge on any atom is -0.0184 e. The Hall–Kier alpha value is -1.04. The lowest BCUT2D eigenvalue weighted by molar-refractivity contribution is 1.22. The lowest BCUT2D eigenvalue weighted by Gasteiger charge is -1.98. The summed E-state index contributed by atoms with van der Waals surface area (Å²) in [6, 6.07) is 11.1. The molecule has 0 aliphatic heterocycles. The average molecular weight is 145 g/mol. The normalized spacial score (nSPS) is 11.6. The summed E-state index contributed by atoms with van der Waals surface area (Å²) in [6.07, 6.45) is 3.33. The van der Waals surface area contributed by atoms with Gasteiger partial charge in [-0.2, -0.15) is 0 Å². The highest BCUT2D eigenvalue weighted by molar-refractivity contribution is 5.63. The summed E-state index contributed by atoms with van der Waals surface area (Å²) in [5.74, 6) is 0. The Morgan fingerprint density at radius 3 is 2.64 bits per heavy atom. The van der Waals surface area contributed by atoms with Crippen molar-refractivity contribution in [2.45, 2.75) is 20.3 Å². The molecule has 0 fully saturated rings. The van der Waals surface area contributed by atoms with Gasteiger partial charge in [0.05, 0.1) is 0 Å². The Labute approximate surface area is 68.6 Å². The number of allylic oxidation sites excluding steroid dienone is 2. The molecular formula is C11H13. The highest BCUT2D eigenvalue weighted by atomic mass is 14.0. The zero-order valence-corrected chi connectivity index (χ0v) is 7.09. The number of hydrogen-bond acceptors (Lipinski definition) is 0. The minimum Gasteiger partial charge on any atom is -0.0813 e. The summed E-state index contributed by atoms with van der Waals surface area (Å²) in [5, 5.41) is 0. The monoisotopic (exact) mass is 145 g/mol. The van der Waals surface area contributed by atoms with E-state index in [0.717, 1.165) is 6.42 Å². The van der Waals surface area contributed by atoms with E-state index in [9.17, 15) is 0 Å². The van der Waals surface area contributed by atoms with Crippen molar-refractivity contribution in [2.24, 2.45) is 0 Å². The van der Waals surface area contributed by atoms with Gasteiger partial charge in [-0.05, 0) is 30.5 Å². The zero-order valence-electron chi connectivity index (χ0n) is 7.09. The van der Waals surface area contributed by atoms with Gasteiger partial charge in [0.2, 0.25) is 0 Å². The molecule has 1 radical (unpaired) electrons. The van der Waals surface area contributed by atoms with Crippen LogP contribution < -0.4 is 0 Å². The van der Waals surface area contributed by atoms with Gasteiger partial charge < -0.3 is 0 Å². The molecule has 0 aromatic heterocycles. The van der Waals surface area contributed by atoms with Crippen molar-refractivity contribution in [1.82, 2.24) is 0 Å². The second kappa shape index (κ2) is 3.97. The minimum atomic E-state index is 1.10. The molecule has 0 nitrogen and oxygen atoms in total. The molecule has 11 heavy (non-hydrogen) atoms. The summed E-state index contributed by atoms with van der Waals surface area (Å²) in [6.45, 7) is 4.29. The molecule has 0 N–H and O–H groups in total. The van der Waals surface area contributed by atoms with Crippen molar-refractivity contribution in [2.75, 3.05) is 0 Å². The highest BCUT2D eigenvalue weighted by Crippen LogP contribution is 2.12. The van der Waals surface area contributed by atoms with Crippen molar-refractivity contribution in [3.05, 3.63) is 42.0 Å². The van der Waals surface area contributed by atoms with Crippen LogP contribution in [0.2, 0.25) is 0 Å². The van der Waals surface area contributed by atoms with Crippen LogP contribution >= 0.6 is 0 Å². The highest BCUT2D eigenvalue weighted by Gasteiger charge is 1.90. The number of hydrogen-bond donors (Lipinski definition) is 0. The Morgan fingerprint density at radius 1 is 1.45 bits per heavy atom. The third-order valence-electron chi connectivity index (χ3n) is 1.68. The smallest absolute Gasteiger partial charge is 0.0184 e. The maximum atomic E-state index is 3.00. The Bertz CT molecular complexity index is 231. The topological polar surface area (TPSA) is 0 Å². The Kier molecular flexibility index (Phi) is 2.91. The third kappa shape index (κ3) is 2.23. The van der Waals surface area contributed by atoms with Gasteiger partial charge in [-0.25, -0.2) is 0 Å². The van der Waals surface area contributed by atoms with E-state index in [1.165, 1.54) is 11.1 Å². The molecule has 0 atom stereocenters.